The van der Waals surface area contributed by atoms with Gasteiger partial charge in [0.15, 0.2) is 11.5 Å². The van der Waals surface area contributed by atoms with Crippen LogP contribution in [0, 0.1) is 6.92 Å². The van der Waals surface area contributed by atoms with Gasteiger partial charge in [-0.25, -0.2) is 9.97 Å². The van der Waals surface area contributed by atoms with Crippen LogP contribution < -0.4 is 20.5 Å². The van der Waals surface area contributed by atoms with E-state index in [1.54, 1.807) is 0 Å². The third-order valence-corrected chi connectivity index (χ3v) is 3.44. The van der Waals surface area contributed by atoms with Crippen LogP contribution in [0.15, 0.2) is 18.2 Å². The van der Waals surface area contributed by atoms with E-state index in [1.165, 1.54) is 0 Å². The number of aryl methyl sites for hydroxylation is 1. The van der Waals surface area contributed by atoms with Gasteiger partial charge in [0.1, 0.15) is 17.5 Å². The molecule has 1 aliphatic heterocycles. The van der Waals surface area contributed by atoms with E-state index in [1.807, 2.05) is 32.0 Å². The highest BCUT2D eigenvalue weighted by Crippen LogP contribution is 2.32. The lowest BCUT2D eigenvalue weighted by molar-refractivity contribution is 0.174. The van der Waals surface area contributed by atoms with Crippen molar-refractivity contribution in [1.82, 2.24) is 9.97 Å². The van der Waals surface area contributed by atoms with Crippen LogP contribution >= 0.6 is 0 Å². The molecule has 0 unspecified atom stereocenters. The average molecular weight is 286 g/mol. The van der Waals surface area contributed by atoms with Crippen molar-refractivity contribution in [3.63, 3.8) is 0 Å². The van der Waals surface area contributed by atoms with Crippen LogP contribution in [0.5, 0.6) is 11.5 Å². The van der Waals surface area contributed by atoms with Crippen molar-refractivity contribution >= 4 is 11.6 Å². The first-order chi connectivity index (χ1) is 10.2. The topological polar surface area (TPSA) is 82.3 Å². The second-order valence-corrected chi connectivity index (χ2v) is 4.89. The highest BCUT2D eigenvalue weighted by atomic mass is 16.7. The maximum absolute atomic E-state index is 5.91. The first-order valence-electron chi connectivity index (χ1n) is 6.92. The number of aromatic nitrogens is 2. The molecule has 3 rings (SSSR count). The summed E-state index contributed by atoms with van der Waals surface area (Å²) in [6, 6.07) is 5.88. The van der Waals surface area contributed by atoms with Gasteiger partial charge in [-0.05, 0) is 24.6 Å². The van der Waals surface area contributed by atoms with Crippen LogP contribution in [0.2, 0.25) is 0 Å². The van der Waals surface area contributed by atoms with Crippen molar-refractivity contribution in [2.75, 3.05) is 17.8 Å². The van der Waals surface area contributed by atoms with Gasteiger partial charge in [-0.3, -0.25) is 0 Å². The minimum Gasteiger partial charge on any atom is -0.454 e. The molecule has 0 radical (unpaired) electrons. The molecule has 21 heavy (non-hydrogen) atoms. The summed E-state index contributed by atoms with van der Waals surface area (Å²) < 4.78 is 10.7. The maximum atomic E-state index is 5.91. The van der Waals surface area contributed by atoms with Gasteiger partial charge < -0.3 is 20.5 Å². The van der Waals surface area contributed by atoms with Crippen LogP contribution in [0.3, 0.4) is 0 Å². The third-order valence-electron chi connectivity index (χ3n) is 3.44. The zero-order valence-corrected chi connectivity index (χ0v) is 12.1. The second-order valence-electron chi connectivity index (χ2n) is 4.89. The number of nitrogens with one attached hydrogen (secondary N) is 1. The molecule has 0 saturated carbocycles. The van der Waals surface area contributed by atoms with Gasteiger partial charge in [-0.15, -0.1) is 0 Å². The molecule has 1 aromatic carbocycles. The normalized spacial score (nSPS) is 12.5. The van der Waals surface area contributed by atoms with Gasteiger partial charge in [0.05, 0.1) is 0 Å². The van der Waals surface area contributed by atoms with E-state index in [2.05, 4.69) is 15.3 Å². The second kappa shape index (κ2) is 5.47. The molecule has 6 heteroatoms. The Balaban J connectivity index is 1.77. The predicted molar refractivity (Wildman–Crippen MR) is 80.5 cm³/mol. The number of nitrogen functional groups attached to an aromatic ring is 1. The molecule has 1 aromatic heterocycles. The Morgan fingerprint density at radius 2 is 2.05 bits per heavy atom. The lowest BCUT2D eigenvalue weighted by atomic mass is 10.2. The number of fused-ring (bicyclic) bond motifs is 1. The van der Waals surface area contributed by atoms with Gasteiger partial charge >= 0.3 is 0 Å². The number of nitrogens with two attached hydrogens (primary N) is 1. The molecule has 0 spiro atoms. The Bertz CT molecular complexity index is 673. The largest absolute Gasteiger partial charge is 0.454 e. The van der Waals surface area contributed by atoms with Gasteiger partial charge in [0.2, 0.25) is 6.79 Å². The molecule has 110 valence electrons. The van der Waals surface area contributed by atoms with Crippen molar-refractivity contribution in [2.45, 2.75) is 26.8 Å². The number of hydrogen-bond donors (Lipinski definition) is 2. The van der Waals surface area contributed by atoms with E-state index >= 15 is 0 Å². The molecular formula is C15H18N4O2. The van der Waals surface area contributed by atoms with E-state index in [-0.39, 0.29) is 6.79 Å². The molecule has 3 N–H and O–H groups in total. The van der Waals surface area contributed by atoms with Crippen LogP contribution in [0.25, 0.3) is 0 Å². The quantitative estimate of drug-likeness (QED) is 0.897. The minimum absolute atomic E-state index is 0.285. The molecule has 6 nitrogen and oxygen atoms in total. The van der Waals surface area contributed by atoms with Crippen LogP contribution in [0.1, 0.15) is 23.9 Å². The summed E-state index contributed by atoms with van der Waals surface area (Å²) in [6.07, 6.45) is 0.753. The summed E-state index contributed by atoms with van der Waals surface area (Å²) in [4.78, 5) is 8.73. The summed E-state index contributed by atoms with van der Waals surface area (Å²) in [5.41, 5.74) is 7.87. The first kappa shape index (κ1) is 13.5. The number of rotatable bonds is 4. The summed E-state index contributed by atoms with van der Waals surface area (Å²) in [5, 5.41) is 3.31. The van der Waals surface area contributed by atoms with Crippen molar-refractivity contribution in [2.24, 2.45) is 0 Å². The monoisotopic (exact) mass is 286 g/mol. The fourth-order valence-electron chi connectivity index (χ4n) is 2.15. The lowest BCUT2D eigenvalue weighted by Crippen LogP contribution is -2.09. The van der Waals surface area contributed by atoms with Crippen molar-refractivity contribution in [3.8, 4) is 11.5 Å². The molecule has 2 aromatic rings. The smallest absolute Gasteiger partial charge is 0.231 e. The predicted octanol–water partition coefficient (Wildman–Crippen LogP) is 2.27. The highest BCUT2D eigenvalue weighted by Gasteiger charge is 2.13. The summed E-state index contributed by atoms with van der Waals surface area (Å²) >= 11 is 0. The van der Waals surface area contributed by atoms with Crippen molar-refractivity contribution < 1.29 is 9.47 Å². The number of benzene rings is 1. The molecule has 2 heterocycles. The van der Waals surface area contributed by atoms with Crippen molar-refractivity contribution in [1.29, 1.82) is 0 Å². The number of nitrogens with zero attached hydrogens (tertiary/aromatic N) is 2. The van der Waals surface area contributed by atoms with E-state index < -0.39 is 0 Å². The Labute approximate surface area is 123 Å². The minimum atomic E-state index is 0.285. The molecule has 0 aliphatic carbocycles. The molecule has 0 saturated heterocycles. The van der Waals surface area contributed by atoms with Crippen LogP contribution in [-0.4, -0.2) is 16.8 Å². The fourth-order valence-corrected chi connectivity index (χ4v) is 2.15. The van der Waals surface area contributed by atoms with Crippen molar-refractivity contribution in [3.05, 3.63) is 35.2 Å². The molecule has 0 fully saturated rings. The Morgan fingerprint density at radius 3 is 2.86 bits per heavy atom. The van der Waals surface area contributed by atoms with E-state index in [0.717, 1.165) is 40.7 Å². The van der Waals surface area contributed by atoms with Crippen LogP contribution in [-0.2, 0) is 13.0 Å². The van der Waals surface area contributed by atoms with Gasteiger partial charge in [0, 0.05) is 18.5 Å². The first-order valence-corrected chi connectivity index (χ1v) is 6.92. The van der Waals surface area contributed by atoms with E-state index in [0.29, 0.717) is 12.4 Å². The standard InChI is InChI=1S/C15H18N4O2/c1-3-13-18-14(16)9(2)15(19-13)17-7-10-4-5-11-12(6-10)21-8-20-11/h4-6H,3,7-8H2,1-2H3,(H3,16,17,18,19). The fraction of sp³-hybridized carbons (Fsp3) is 0.333. The maximum Gasteiger partial charge on any atom is 0.231 e. The summed E-state index contributed by atoms with van der Waals surface area (Å²) in [6.45, 7) is 4.84. The van der Waals surface area contributed by atoms with Gasteiger partial charge in [0.25, 0.3) is 0 Å². The molecule has 0 bridgehead atoms. The molecule has 0 amide bonds. The molecule has 1 aliphatic rings. The highest BCUT2D eigenvalue weighted by molar-refractivity contribution is 5.55. The molecule has 0 atom stereocenters. The summed E-state index contributed by atoms with van der Waals surface area (Å²) in [5.74, 6) is 3.61. The Hall–Kier alpha value is -2.50. The van der Waals surface area contributed by atoms with Gasteiger partial charge in [-0.1, -0.05) is 13.0 Å². The number of anilines is 2. The lowest BCUT2D eigenvalue weighted by Gasteiger charge is -2.12. The third kappa shape index (κ3) is 2.69. The van der Waals surface area contributed by atoms with Gasteiger partial charge in [-0.2, -0.15) is 0 Å². The average Bonchev–Trinajstić information content (AvgIpc) is 2.96. The summed E-state index contributed by atoms with van der Waals surface area (Å²) in [7, 11) is 0. The SMILES string of the molecule is CCc1nc(N)c(C)c(NCc2ccc3c(c2)OCO3)n1. The molecular weight excluding hydrogens is 268 g/mol. The van der Waals surface area contributed by atoms with E-state index in [9.17, 15) is 0 Å². The Morgan fingerprint density at radius 1 is 1.24 bits per heavy atom. The van der Waals surface area contributed by atoms with E-state index in [4.69, 9.17) is 15.2 Å². The number of ether oxygens (including phenoxy) is 2. The Kier molecular flexibility index (Phi) is 3.51. The number of hydrogen-bond acceptors (Lipinski definition) is 6. The zero-order chi connectivity index (χ0) is 14.8. The zero-order valence-electron chi connectivity index (χ0n) is 12.1. The van der Waals surface area contributed by atoms with Crippen LogP contribution in [0.4, 0.5) is 11.6 Å².